The molecule has 0 spiro atoms. The summed E-state index contributed by atoms with van der Waals surface area (Å²) in [5.41, 5.74) is -1.28. The van der Waals surface area contributed by atoms with Crippen LogP contribution in [0.5, 0.6) is 0 Å². The summed E-state index contributed by atoms with van der Waals surface area (Å²) >= 11 is 5.97. The molecule has 0 radical (unpaired) electrons. The fourth-order valence-corrected chi connectivity index (χ4v) is 3.56. The Kier molecular flexibility index (Phi) is 6.99. The summed E-state index contributed by atoms with van der Waals surface area (Å²) in [5, 5.41) is 13.4. The van der Waals surface area contributed by atoms with Crippen molar-refractivity contribution in [3.8, 4) is 0 Å². The topological polar surface area (TPSA) is 45.1 Å². The maximum absolute atomic E-state index is 14.4. The molecule has 164 valence electrons. The summed E-state index contributed by atoms with van der Waals surface area (Å²) in [7, 11) is 0. The summed E-state index contributed by atoms with van der Waals surface area (Å²) in [4.78, 5) is 4.34. The van der Waals surface area contributed by atoms with Gasteiger partial charge in [0.25, 0.3) is 0 Å². The molecule has 0 aliphatic heterocycles. The van der Waals surface area contributed by atoms with Gasteiger partial charge < -0.3 is 5.11 Å². The van der Waals surface area contributed by atoms with Crippen LogP contribution in [0.4, 0.5) is 17.6 Å². The number of rotatable bonds is 7. The molecule has 0 fully saturated rings. The van der Waals surface area contributed by atoms with Crippen LogP contribution in [-0.4, -0.2) is 22.7 Å². The van der Waals surface area contributed by atoms with E-state index >= 15 is 0 Å². The van der Waals surface area contributed by atoms with Crippen molar-refractivity contribution in [1.29, 1.82) is 0 Å². The number of aromatic nitrogens is 1. The first-order chi connectivity index (χ1) is 14.6. The largest absolute Gasteiger partial charge is 0.416 e. The molecule has 0 saturated heterocycles. The lowest BCUT2D eigenvalue weighted by Gasteiger charge is -2.36. The van der Waals surface area contributed by atoms with Crippen LogP contribution < -0.4 is 5.32 Å². The monoisotopic (exact) mass is 452 g/mol. The van der Waals surface area contributed by atoms with E-state index < -0.39 is 29.2 Å². The minimum atomic E-state index is -4.73. The maximum atomic E-state index is 14.4. The Bertz CT molecular complexity index is 1010. The van der Waals surface area contributed by atoms with Gasteiger partial charge in [-0.1, -0.05) is 41.9 Å². The number of aliphatic hydroxyl groups excluding tert-OH is 1. The number of benzene rings is 2. The normalized spacial score (nSPS) is 14.8. The number of hydrogen-bond acceptors (Lipinski definition) is 3. The van der Waals surface area contributed by atoms with Crippen LogP contribution in [0, 0.1) is 5.82 Å². The van der Waals surface area contributed by atoms with Gasteiger partial charge in [-0.05, 0) is 48.4 Å². The molecule has 1 aromatic heterocycles. The molecule has 8 heteroatoms. The van der Waals surface area contributed by atoms with Gasteiger partial charge in [0.15, 0.2) is 0 Å². The third kappa shape index (κ3) is 5.61. The molecule has 0 aliphatic rings. The van der Waals surface area contributed by atoms with Crippen LogP contribution in [0.2, 0.25) is 5.02 Å². The van der Waals surface area contributed by atoms with Gasteiger partial charge in [0.2, 0.25) is 0 Å². The van der Waals surface area contributed by atoms with E-state index in [1.165, 1.54) is 6.20 Å². The number of hydrogen-bond donors (Lipinski definition) is 2. The zero-order valence-corrected chi connectivity index (χ0v) is 17.4. The zero-order valence-electron chi connectivity index (χ0n) is 16.6. The summed E-state index contributed by atoms with van der Waals surface area (Å²) < 4.78 is 54.8. The van der Waals surface area contributed by atoms with Gasteiger partial charge in [-0.3, -0.25) is 10.3 Å². The maximum Gasteiger partial charge on any atom is 0.416 e. The van der Waals surface area contributed by atoms with Crippen LogP contribution in [-0.2, 0) is 18.1 Å². The highest BCUT2D eigenvalue weighted by Gasteiger charge is 2.39. The summed E-state index contributed by atoms with van der Waals surface area (Å²) in [5.74, 6) is -1.02. The molecule has 3 rings (SSSR count). The van der Waals surface area contributed by atoms with Crippen LogP contribution in [0.3, 0.4) is 0 Å². The van der Waals surface area contributed by atoms with E-state index in [2.05, 4.69) is 10.3 Å². The summed E-state index contributed by atoms with van der Waals surface area (Å²) in [6, 6.07) is 14.6. The Morgan fingerprint density at radius 3 is 2.29 bits per heavy atom. The zero-order chi connectivity index (χ0) is 22.6. The van der Waals surface area contributed by atoms with Crippen molar-refractivity contribution in [3.63, 3.8) is 0 Å². The van der Waals surface area contributed by atoms with E-state index in [9.17, 15) is 22.7 Å². The van der Waals surface area contributed by atoms with Gasteiger partial charge in [-0.2, -0.15) is 13.2 Å². The van der Waals surface area contributed by atoms with Crippen LogP contribution in [0.25, 0.3) is 0 Å². The molecule has 2 N–H and O–H groups in total. The second-order valence-electron chi connectivity index (χ2n) is 7.39. The van der Waals surface area contributed by atoms with E-state index in [0.29, 0.717) is 16.8 Å². The first kappa shape index (κ1) is 23.2. The van der Waals surface area contributed by atoms with Gasteiger partial charge in [-0.15, -0.1) is 0 Å². The second-order valence-corrected chi connectivity index (χ2v) is 7.82. The van der Waals surface area contributed by atoms with Crippen LogP contribution in [0.1, 0.15) is 29.3 Å². The third-order valence-electron chi connectivity index (χ3n) is 4.89. The second kappa shape index (κ2) is 9.34. The SMILES string of the molecule is C[C@@H](O)CN[C@@](Cc1ccccc1)(c1cc(F)cc(C(F)(F)F)c1)c1ccc(Cl)cn1. The van der Waals surface area contributed by atoms with Crippen molar-refractivity contribution in [2.45, 2.75) is 31.2 Å². The number of nitrogens with zero attached hydrogens (tertiary/aromatic N) is 1. The van der Waals surface area contributed by atoms with Crippen LogP contribution >= 0.6 is 11.6 Å². The van der Waals surface area contributed by atoms with E-state index in [-0.39, 0.29) is 18.5 Å². The van der Waals surface area contributed by atoms with E-state index in [1.54, 1.807) is 31.2 Å². The Hall–Kier alpha value is -2.48. The Labute approximate surface area is 182 Å². The molecule has 2 atom stereocenters. The number of alkyl halides is 3. The summed E-state index contributed by atoms with van der Waals surface area (Å²) in [6.45, 7) is 1.58. The van der Waals surface area contributed by atoms with Crippen molar-refractivity contribution in [2.24, 2.45) is 0 Å². The van der Waals surface area contributed by atoms with Gasteiger partial charge >= 0.3 is 6.18 Å². The highest BCUT2D eigenvalue weighted by molar-refractivity contribution is 6.30. The Morgan fingerprint density at radius 1 is 1.03 bits per heavy atom. The molecule has 1 heterocycles. The minimum absolute atomic E-state index is 0.0367. The van der Waals surface area contributed by atoms with Crippen molar-refractivity contribution < 1.29 is 22.7 Å². The molecule has 0 amide bonds. The molecule has 2 aromatic carbocycles. The highest BCUT2D eigenvalue weighted by Crippen LogP contribution is 2.37. The molecule has 0 bridgehead atoms. The molecule has 0 unspecified atom stereocenters. The fourth-order valence-electron chi connectivity index (χ4n) is 3.45. The third-order valence-corrected chi connectivity index (χ3v) is 5.12. The standard InChI is InChI=1S/C23H21ClF4N2O/c1-15(31)13-30-22(12-16-5-3-2-4-6-16,21-8-7-19(24)14-29-21)17-9-18(23(26,27)28)11-20(25)10-17/h2-11,14-15,30-31H,12-13H2,1H3/t15-,22+/m1/s1. The molecule has 0 aliphatic carbocycles. The van der Waals surface area contributed by atoms with Gasteiger partial charge in [0, 0.05) is 19.2 Å². The molecular weight excluding hydrogens is 432 g/mol. The fraction of sp³-hybridized carbons (Fsp3) is 0.261. The molecular formula is C23H21ClF4N2O. The lowest BCUT2D eigenvalue weighted by Crippen LogP contribution is -2.48. The van der Waals surface area contributed by atoms with E-state index in [1.807, 2.05) is 18.2 Å². The van der Waals surface area contributed by atoms with Crippen LogP contribution in [0.15, 0.2) is 66.9 Å². The number of nitrogens with one attached hydrogen (secondary N) is 1. The van der Waals surface area contributed by atoms with Gasteiger partial charge in [0.1, 0.15) is 5.82 Å². The summed E-state index contributed by atoms with van der Waals surface area (Å²) in [6.07, 6.45) is -3.99. The Balaban J connectivity index is 2.27. The molecule has 31 heavy (non-hydrogen) atoms. The van der Waals surface area contributed by atoms with E-state index in [4.69, 9.17) is 11.6 Å². The smallest absolute Gasteiger partial charge is 0.392 e. The quantitative estimate of drug-likeness (QED) is 0.475. The molecule has 3 aromatic rings. The predicted molar refractivity (Wildman–Crippen MR) is 111 cm³/mol. The lowest BCUT2D eigenvalue weighted by molar-refractivity contribution is -0.137. The first-order valence-electron chi connectivity index (χ1n) is 9.57. The van der Waals surface area contributed by atoms with Crippen molar-refractivity contribution in [2.75, 3.05) is 6.54 Å². The molecule has 3 nitrogen and oxygen atoms in total. The van der Waals surface area contributed by atoms with Crippen molar-refractivity contribution >= 4 is 11.6 Å². The molecule has 0 saturated carbocycles. The van der Waals surface area contributed by atoms with Gasteiger partial charge in [-0.25, -0.2) is 4.39 Å². The average molecular weight is 453 g/mol. The highest BCUT2D eigenvalue weighted by atomic mass is 35.5. The minimum Gasteiger partial charge on any atom is -0.392 e. The number of halogens is 5. The first-order valence-corrected chi connectivity index (χ1v) is 9.95. The van der Waals surface area contributed by atoms with Crippen molar-refractivity contribution in [1.82, 2.24) is 10.3 Å². The van der Waals surface area contributed by atoms with Crippen molar-refractivity contribution in [3.05, 3.63) is 100 Å². The van der Waals surface area contributed by atoms with Gasteiger partial charge in [0.05, 0.1) is 27.9 Å². The number of pyridine rings is 1. The Morgan fingerprint density at radius 2 is 1.71 bits per heavy atom. The van der Waals surface area contributed by atoms with E-state index in [0.717, 1.165) is 17.7 Å². The number of aliphatic hydroxyl groups is 1. The lowest BCUT2D eigenvalue weighted by atomic mass is 9.79. The predicted octanol–water partition coefficient (Wildman–Crippen LogP) is 5.35. The average Bonchev–Trinajstić information content (AvgIpc) is 2.71.